The lowest BCUT2D eigenvalue weighted by Gasteiger charge is -2.34. The van der Waals surface area contributed by atoms with Crippen LogP contribution >= 0.6 is 11.6 Å². The molecule has 1 atom stereocenters. The summed E-state index contributed by atoms with van der Waals surface area (Å²) in [5, 5.41) is 3.50. The first-order chi connectivity index (χ1) is 8.65. The number of hydrogen-bond acceptors (Lipinski definition) is 2. The Morgan fingerprint density at radius 2 is 2.06 bits per heavy atom. The largest absolute Gasteiger partial charge is 0.314 e. The minimum absolute atomic E-state index is 0.293. The summed E-state index contributed by atoms with van der Waals surface area (Å²) in [5.41, 5.74) is 0.795. The molecular formula is C13H17ClF2N2. The fraction of sp³-hybridized carbons (Fsp3) is 0.538. The minimum Gasteiger partial charge on any atom is -0.314 e. The quantitative estimate of drug-likeness (QED) is 0.912. The van der Waals surface area contributed by atoms with Gasteiger partial charge in [0.2, 0.25) is 0 Å². The Morgan fingerprint density at radius 3 is 2.67 bits per heavy atom. The van der Waals surface area contributed by atoms with Gasteiger partial charge in [-0.05, 0) is 18.6 Å². The van der Waals surface area contributed by atoms with Gasteiger partial charge >= 0.3 is 0 Å². The van der Waals surface area contributed by atoms with Crippen molar-refractivity contribution in [2.75, 3.05) is 32.9 Å². The number of aryl methyl sites for hydroxylation is 1. The molecule has 0 bridgehead atoms. The van der Waals surface area contributed by atoms with E-state index >= 15 is 0 Å². The van der Waals surface area contributed by atoms with Crippen molar-refractivity contribution in [3.05, 3.63) is 34.1 Å². The van der Waals surface area contributed by atoms with Gasteiger partial charge < -0.3 is 5.32 Å². The van der Waals surface area contributed by atoms with E-state index in [4.69, 9.17) is 11.6 Å². The Kier molecular flexibility index (Phi) is 4.54. The highest BCUT2D eigenvalue weighted by Gasteiger charge is 2.27. The number of nitrogens with one attached hydrogen (secondary N) is 1. The second-order valence-electron chi connectivity index (χ2n) is 4.55. The van der Waals surface area contributed by atoms with Gasteiger partial charge in [-0.25, -0.2) is 8.78 Å². The van der Waals surface area contributed by atoms with E-state index < -0.39 is 12.7 Å². The highest BCUT2D eigenvalue weighted by Crippen LogP contribution is 2.32. The molecule has 0 saturated carbocycles. The van der Waals surface area contributed by atoms with Crippen molar-refractivity contribution >= 4 is 11.6 Å². The van der Waals surface area contributed by atoms with E-state index in [1.54, 1.807) is 19.1 Å². The third kappa shape index (κ3) is 2.66. The van der Waals surface area contributed by atoms with Crippen molar-refractivity contribution in [2.24, 2.45) is 0 Å². The first-order valence-corrected chi connectivity index (χ1v) is 6.48. The van der Waals surface area contributed by atoms with E-state index in [1.807, 2.05) is 4.90 Å². The Labute approximate surface area is 111 Å². The maximum Gasteiger partial charge on any atom is 0.132 e. The van der Waals surface area contributed by atoms with Crippen LogP contribution < -0.4 is 5.32 Å². The monoisotopic (exact) mass is 274 g/mol. The van der Waals surface area contributed by atoms with Crippen LogP contribution in [0.4, 0.5) is 8.78 Å². The molecule has 1 aliphatic heterocycles. The van der Waals surface area contributed by atoms with Crippen molar-refractivity contribution in [3.8, 4) is 0 Å². The van der Waals surface area contributed by atoms with Crippen LogP contribution in [0, 0.1) is 12.7 Å². The Bertz CT molecular complexity index is 420. The van der Waals surface area contributed by atoms with Gasteiger partial charge in [0.15, 0.2) is 0 Å². The van der Waals surface area contributed by atoms with Crippen LogP contribution in [0.1, 0.15) is 17.2 Å². The van der Waals surface area contributed by atoms with Crippen LogP contribution in [-0.2, 0) is 0 Å². The lowest BCUT2D eigenvalue weighted by Crippen LogP contribution is -2.46. The Morgan fingerprint density at radius 1 is 1.39 bits per heavy atom. The molecule has 1 aliphatic rings. The normalized spacial score (nSPS) is 18.9. The second kappa shape index (κ2) is 5.95. The van der Waals surface area contributed by atoms with Gasteiger partial charge in [0.05, 0.1) is 6.04 Å². The number of nitrogens with zero attached hydrogens (tertiary/aromatic N) is 1. The zero-order chi connectivity index (χ0) is 13.1. The zero-order valence-corrected chi connectivity index (χ0v) is 11.1. The molecule has 1 fully saturated rings. The molecule has 1 aromatic carbocycles. The predicted molar refractivity (Wildman–Crippen MR) is 69.3 cm³/mol. The topological polar surface area (TPSA) is 15.3 Å². The van der Waals surface area contributed by atoms with Crippen LogP contribution in [0.25, 0.3) is 0 Å². The molecule has 2 rings (SSSR count). The molecule has 0 spiro atoms. The molecule has 0 radical (unpaired) electrons. The van der Waals surface area contributed by atoms with Gasteiger partial charge in [-0.2, -0.15) is 0 Å². The van der Waals surface area contributed by atoms with Gasteiger partial charge in [0, 0.05) is 36.8 Å². The average Bonchev–Trinajstić information content (AvgIpc) is 2.40. The van der Waals surface area contributed by atoms with Gasteiger partial charge in [0.25, 0.3) is 0 Å². The highest BCUT2D eigenvalue weighted by atomic mass is 35.5. The first-order valence-electron chi connectivity index (χ1n) is 6.10. The summed E-state index contributed by atoms with van der Waals surface area (Å²) in [4.78, 5) is 1.94. The molecule has 0 aliphatic carbocycles. The van der Waals surface area contributed by atoms with Gasteiger partial charge in [-0.3, -0.25) is 4.90 Å². The Hall–Kier alpha value is -0.710. The van der Waals surface area contributed by atoms with Crippen LogP contribution in [0.2, 0.25) is 5.02 Å². The van der Waals surface area contributed by atoms with Crippen molar-refractivity contribution in [2.45, 2.75) is 13.0 Å². The first kappa shape index (κ1) is 13.7. The fourth-order valence-corrected chi connectivity index (χ4v) is 2.61. The fourth-order valence-electron chi connectivity index (χ4n) is 2.33. The summed E-state index contributed by atoms with van der Waals surface area (Å²) in [5.74, 6) is -0.385. The zero-order valence-electron chi connectivity index (χ0n) is 10.3. The third-order valence-corrected chi connectivity index (χ3v) is 3.72. The molecule has 1 saturated heterocycles. The third-order valence-electron chi connectivity index (χ3n) is 3.39. The lowest BCUT2D eigenvalue weighted by molar-refractivity contribution is 0.144. The SMILES string of the molecule is Cc1ccc(Cl)c([C@H](CF)N2CCNCC2)c1F. The molecule has 5 heteroatoms. The molecule has 2 nitrogen and oxygen atoms in total. The van der Waals surface area contributed by atoms with Crippen molar-refractivity contribution in [1.29, 1.82) is 0 Å². The van der Waals surface area contributed by atoms with Gasteiger partial charge in [-0.15, -0.1) is 0 Å². The molecule has 0 aromatic heterocycles. The molecule has 0 unspecified atom stereocenters. The van der Waals surface area contributed by atoms with Crippen molar-refractivity contribution in [3.63, 3.8) is 0 Å². The standard InChI is InChI=1S/C13H17ClF2N2/c1-9-2-3-10(14)12(13(9)16)11(8-15)18-6-4-17-5-7-18/h2-3,11,17H,4-8H2,1H3/t11-/m0/s1. The van der Waals surface area contributed by atoms with Crippen LogP contribution in [0.5, 0.6) is 0 Å². The van der Waals surface area contributed by atoms with E-state index in [0.29, 0.717) is 29.2 Å². The molecule has 1 heterocycles. The van der Waals surface area contributed by atoms with E-state index in [2.05, 4.69) is 5.32 Å². The summed E-state index contributed by atoms with van der Waals surface area (Å²) in [6, 6.07) is 2.67. The van der Waals surface area contributed by atoms with Crippen molar-refractivity contribution < 1.29 is 8.78 Å². The summed E-state index contributed by atoms with van der Waals surface area (Å²) < 4.78 is 27.5. The molecule has 18 heavy (non-hydrogen) atoms. The minimum atomic E-state index is -0.625. The second-order valence-corrected chi connectivity index (χ2v) is 4.96. The number of piperazine rings is 1. The lowest BCUT2D eigenvalue weighted by atomic mass is 10.0. The van der Waals surface area contributed by atoms with Crippen LogP contribution in [-0.4, -0.2) is 37.8 Å². The number of rotatable bonds is 3. The smallest absolute Gasteiger partial charge is 0.132 e. The average molecular weight is 275 g/mol. The van der Waals surface area contributed by atoms with E-state index in [-0.39, 0.29) is 5.82 Å². The molecule has 1 N–H and O–H groups in total. The van der Waals surface area contributed by atoms with Crippen molar-refractivity contribution in [1.82, 2.24) is 10.2 Å². The maximum atomic E-state index is 14.2. The van der Waals surface area contributed by atoms with E-state index in [1.165, 1.54) is 0 Å². The highest BCUT2D eigenvalue weighted by molar-refractivity contribution is 6.31. The Balaban J connectivity index is 2.34. The van der Waals surface area contributed by atoms with Crippen LogP contribution in [0.3, 0.4) is 0 Å². The predicted octanol–water partition coefficient (Wildman–Crippen LogP) is 2.70. The number of halogens is 3. The molecule has 100 valence electrons. The summed E-state index contributed by atoms with van der Waals surface area (Å²) in [6.45, 7) is 4.04. The van der Waals surface area contributed by atoms with Crippen LogP contribution in [0.15, 0.2) is 12.1 Å². The summed E-state index contributed by atoms with van der Waals surface area (Å²) >= 11 is 6.05. The summed E-state index contributed by atoms with van der Waals surface area (Å²) in [7, 11) is 0. The van der Waals surface area contributed by atoms with Gasteiger partial charge in [-0.1, -0.05) is 17.7 Å². The number of hydrogen-bond donors (Lipinski definition) is 1. The molecule has 1 aromatic rings. The van der Waals surface area contributed by atoms with Gasteiger partial charge in [0.1, 0.15) is 12.5 Å². The van der Waals surface area contributed by atoms with E-state index in [0.717, 1.165) is 13.1 Å². The summed E-state index contributed by atoms with van der Waals surface area (Å²) in [6.07, 6.45) is 0. The molecule has 0 amide bonds. The number of alkyl halides is 1. The number of benzene rings is 1. The maximum absolute atomic E-state index is 14.2. The van der Waals surface area contributed by atoms with E-state index in [9.17, 15) is 8.78 Å². The molecular weight excluding hydrogens is 258 g/mol.